The lowest BCUT2D eigenvalue weighted by Gasteiger charge is -2.07. The maximum absolute atomic E-state index is 8.73. The molecule has 0 fully saturated rings. The van der Waals surface area contributed by atoms with Crippen molar-refractivity contribution in [1.29, 1.82) is 5.26 Å². The van der Waals surface area contributed by atoms with E-state index < -0.39 is 0 Å². The number of hydrogen-bond donors (Lipinski definition) is 3. The summed E-state index contributed by atoms with van der Waals surface area (Å²) >= 11 is 0. The van der Waals surface area contributed by atoms with E-state index in [9.17, 15) is 0 Å². The van der Waals surface area contributed by atoms with E-state index in [2.05, 4.69) is 26.7 Å². The van der Waals surface area contributed by atoms with Crippen molar-refractivity contribution in [3.05, 3.63) is 42.2 Å². The van der Waals surface area contributed by atoms with Gasteiger partial charge in [-0.15, -0.1) is 0 Å². The minimum absolute atomic E-state index is 0.0440. The lowest BCUT2D eigenvalue weighted by molar-refractivity contribution is 0.311. The molecule has 1 aromatic heterocycles. The maximum atomic E-state index is 8.73. The number of benzene rings is 1. The molecule has 3 N–H and O–H groups in total. The van der Waals surface area contributed by atoms with Gasteiger partial charge in [-0.2, -0.15) is 5.26 Å². The first-order valence-electron chi connectivity index (χ1n) is 5.76. The molecule has 1 heterocycles. The molecule has 0 saturated carbocycles. The second-order valence-corrected chi connectivity index (χ2v) is 3.75. The van der Waals surface area contributed by atoms with E-state index in [-0.39, 0.29) is 6.61 Å². The number of hydrogen-bond acceptors (Lipinski definition) is 6. The highest BCUT2D eigenvalue weighted by Gasteiger charge is 1.99. The molecule has 2 rings (SSSR count). The van der Waals surface area contributed by atoms with Gasteiger partial charge < -0.3 is 15.7 Å². The molecule has 6 nitrogen and oxygen atoms in total. The van der Waals surface area contributed by atoms with Gasteiger partial charge in [0.05, 0.1) is 18.2 Å². The van der Waals surface area contributed by atoms with Crippen molar-refractivity contribution >= 4 is 17.3 Å². The summed E-state index contributed by atoms with van der Waals surface area (Å²) in [5.41, 5.74) is 1.45. The van der Waals surface area contributed by atoms with E-state index in [1.165, 1.54) is 6.33 Å². The Labute approximate surface area is 110 Å². The van der Waals surface area contributed by atoms with E-state index in [0.29, 0.717) is 23.7 Å². The topological polar surface area (TPSA) is 93.9 Å². The SMILES string of the molecule is N#Cc1ccc(Nc2cc(NCCO)ncn2)cc1. The highest BCUT2D eigenvalue weighted by Crippen LogP contribution is 2.16. The van der Waals surface area contributed by atoms with Gasteiger partial charge in [0.25, 0.3) is 0 Å². The molecule has 0 aliphatic rings. The number of nitriles is 1. The summed E-state index contributed by atoms with van der Waals surface area (Å²) in [5.74, 6) is 1.28. The lowest BCUT2D eigenvalue weighted by atomic mass is 10.2. The van der Waals surface area contributed by atoms with Crippen LogP contribution >= 0.6 is 0 Å². The molecule has 2 aromatic rings. The molecule has 6 heteroatoms. The largest absolute Gasteiger partial charge is 0.395 e. The predicted octanol–water partition coefficient (Wildman–Crippen LogP) is 1.50. The van der Waals surface area contributed by atoms with Crippen molar-refractivity contribution in [2.24, 2.45) is 0 Å². The second kappa shape index (κ2) is 6.33. The van der Waals surface area contributed by atoms with Crippen LogP contribution in [-0.2, 0) is 0 Å². The molecule has 1 aromatic carbocycles. The van der Waals surface area contributed by atoms with E-state index >= 15 is 0 Å². The Balaban J connectivity index is 2.07. The summed E-state index contributed by atoms with van der Waals surface area (Å²) in [6, 6.07) is 10.9. The number of aromatic nitrogens is 2. The van der Waals surface area contributed by atoms with E-state index in [1.54, 1.807) is 18.2 Å². The molecule has 96 valence electrons. The van der Waals surface area contributed by atoms with E-state index in [0.717, 1.165) is 5.69 Å². The molecular formula is C13H13N5O. The summed E-state index contributed by atoms with van der Waals surface area (Å²) in [5, 5.41) is 23.5. The predicted molar refractivity (Wildman–Crippen MR) is 72.0 cm³/mol. The van der Waals surface area contributed by atoms with Crippen LogP contribution in [0.5, 0.6) is 0 Å². The number of nitrogens with zero attached hydrogens (tertiary/aromatic N) is 3. The van der Waals surface area contributed by atoms with E-state index in [1.807, 2.05) is 12.1 Å². The van der Waals surface area contributed by atoms with Crippen LogP contribution in [0.15, 0.2) is 36.7 Å². The molecule has 0 aliphatic heterocycles. The van der Waals surface area contributed by atoms with Crippen LogP contribution in [-0.4, -0.2) is 28.2 Å². The molecule has 0 atom stereocenters. The molecule has 0 radical (unpaired) electrons. The van der Waals surface area contributed by atoms with Gasteiger partial charge in [-0.05, 0) is 24.3 Å². The zero-order valence-electron chi connectivity index (χ0n) is 10.2. The minimum Gasteiger partial charge on any atom is -0.395 e. The third kappa shape index (κ3) is 3.66. The van der Waals surface area contributed by atoms with Crippen molar-refractivity contribution in [1.82, 2.24) is 9.97 Å². The molecule has 19 heavy (non-hydrogen) atoms. The van der Waals surface area contributed by atoms with Gasteiger partial charge in [0.2, 0.25) is 0 Å². The monoisotopic (exact) mass is 255 g/mol. The Morgan fingerprint density at radius 3 is 2.58 bits per heavy atom. The van der Waals surface area contributed by atoms with Crippen LogP contribution in [0.1, 0.15) is 5.56 Å². The Hall–Kier alpha value is -2.65. The van der Waals surface area contributed by atoms with Crippen LogP contribution in [0.25, 0.3) is 0 Å². The van der Waals surface area contributed by atoms with Gasteiger partial charge in [0.1, 0.15) is 18.0 Å². The van der Waals surface area contributed by atoms with Crippen LogP contribution in [0.4, 0.5) is 17.3 Å². The van der Waals surface area contributed by atoms with Crippen LogP contribution in [0.2, 0.25) is 0 Å². The zero-order chi connectivity index (χ0) is 13.5. The van der Waals surface area contributed by atoms with Gasteiger partial charge in [0, 0.05) is 18.3 Å². The molecule has 0 spiro atoms. The summed E-state index contributed by atoms with van der Waals surface area (Å²) in [6.45, 7) is 0.482. The summed E-state index contributed by atoms with van der Waals surface area (Å²) in [4.78, 5) is 8.13. The fourth-order valence-corrected chi connectivity index (χ4v) is 1.48. The Bertz CT molecular complexity index is 576. The fourth-order valence-electron chi connectivity index (χ4n) is 1.48. The van der Waals surface area contributed by atoms with Crippen molar-refractivity contribution in [3.63, 3.8) is 0 Å². The number of rotatable bonds is 5. The van der Waals surface area contributed by atoms with Gasteiger partial charge in [-0.1, -0.05) is 0 Å². The Morgan fingerprint density at radius 1 is 1.16 bits per heavy atom. The molecule has 0 bridgehead atoms. The van der Waals surface area contributed by atoms with Gasteiger partial charge in [0.15, 0.2) is 0 Å². The van der Waals surface area contributed by atoms with Crippen molar-refractivity contribution in [2.45, 2.75) is 0 Å². The van der Waals surface area contributed by atoms with Gasteiger partial charge in [-0.3, -0.25) is 0 Å². The van der Waals surface area contributed by atoms with Crippen LogP contribution in [0, 0.1) is 11.3 Å². The van der Waals surface area contributed by atoms with Crippen LogP contribution in [0.3, 0.4) is 0 Å². The summed E-state index contributed by atoms with van der Waals surface area (Å²) < 4.78 is 0. The average molecular weight is 255 g/mol. The first-order chi connectivity index (χ1) is 9.31. The summed E-state index contributed by atoms with van der Waals surface area (Å²) in [7, 11) is 0. The van der Waals surface area contributed by atoms with E-state index in [4.69, 9.17) is 10.4 Å². The van der Waals surface area contributed by atoms with Gasteiger partial charge in [-0.25, -0.2) is 9.97 Å². The quantitative estimate of drug-likeness (QED) is 0.749. The molecule has 0 aliphatic carbocycles. The number of anilines is 3. The minimum atomic E-state index is 0.0440. The average Bonchev–Trinajstić information content (AvgIpc) is 2.46. The molecule has 0 amide bonds. The molecular weight excluding hydrogens is 242 g/mol. The highest BCUT2D eigenvalue weighted by atomic mass is 16.3. The Kier molecular flexibility index (Phi) is 4.26. The summed E-state index contributed by atoms with van der Waals surface area (Å²) in [6.07, 6.45) is 1.44. The third-order valence-electron chi connectivity index (χ3n) is 2.37. The van der Waals surface area contributed by atoms with Crippen molar-refractivity contribution in [3.8, 4) is 6.07 Å². The first-order valence-corrected chi connectivity index (χ1v) is 5.76. The standard InChI is InChI=1S/C13H13N5O/c14-8-10-1-3-11(4-2-10)18-13-7-12(15-5-6-19)16-9-17-13/h1-4,7,9,19H,5-6H2,(H2,15,16,17,18). The number of aliphatic hydroxyl groups is 1. The molecule has 0 unspecified atom stereocenters. The first kappa shape index (κ1) is 12.8. The highest BCUT2D eigenvalue weighted by molar-refractivity contribution is 5.59. The second-order valence-electron chi connectivity index (χ2n) is 3.75. The maximum Gasteiger partial charge on any atom is 0.135 e. The normalized spacial score (nSPS) is 9.68. The van der Waals surface area contributed by atoms with Gasteiger partial charge >= 0.3 is 0 Å². The molecule has 0 saturated heterocycles. The van der Waals surface area contributed by atoms with Crippen molar-refractivity contribution < 1.29 is 5.11 Å². The third-order valence-corrected chi connectivity index (χ3v) is 2.37. The fraction of sp³-hybridized carbons (Fsp3) is 0.154. The zero-order valence-corrected chi connectivity index (χ0v) is 10.2. The van der Waals surface area contributed by atoms with Crippen molar-refractivity contribution in [2.75, 3.05) is 23.8 Å². The van der Waals surface area contributed by atoms with Crippen LogP contribution < -0.4 is 10.6 Å². The number of nitrogens with one attached hydrogen (secondary N) is 2. The Morgan fingerprint density at radius 2 is 1.89 bits per heavy atom. The smallest absolute Gasteiger partial charge is 0.135 e. The lowest BCUT2D eigenvalue weighted by Crippen LogP contribution is -2.07. The number of aliphatic hydroxyl groups excluding tert-OH is 1.